The summed E-state index contributed by atoms with van der Waals surface area (Å²) in [7, 11) is 0. The number of ether oxygens (including phenoxy) is 4. The largest absolute Gasteiger partial charge is 0.493 e. The molecule has 0 spiro atoms. The molecule has 6 heteroatoms. The molecule has 3 aromatic rings. The van der Waals surface area contributed by atoms with E-state index < -0.39 is 0 Å². The first kappa shape index (κ1) is 72.2. The molecule has 4 nitrogen and oxygen atoms in total. The van der Waals surface area contributed by atoms with Crippen molar-refractivity contribution in [3.63, 3.8) is 0 Å². The topological polar surface area (TPSA) is 36.9 Å². The number of rotatable bonds is 60. The Bertz CT molecular complexity index is 1730. The van der Waals surface area contributed by atoms with Crippen LogP contribution in [0.5, 0.6) is 23.0 Å². The predicted molar refractivity (Wildman–Crippen MR) is 356 cm³/mol. The van der Waals surface area contributed by atoms with Gasteiger partial charge in [0, 0.05) is 10.8 Å². The highest BCUT2D eigenvalue weighted by molar-refractivity contribution is 6.43. The molecule has 3 rings (SSSR count). The van der Waals surface area contributed by atoms with Crippen molar-refractivity contribution < 1.29 is 18.9 Å². The van der Waals surface area contributed by atoms with Crippen molar-refractivity contribution in [1.29, 1.82) is 0 Å². The van der Waals surface area contributed by atoms with Crippen LogP contribution in [-0.2, 0) is 0 Å². The molecule has 0 heterocycles. The fourth-order valence-electron chi connectivity index (χ4n) is 11.9. The third-order valence-electron chi connectivity index (χ3n) is 17.1. The van der Waals surface area contributed by atoms with E-state index in [1.54, 1.807) is 0 Å². The summed E-state index contributed by atoms with van der Waals surface area (Å²) < 4.78 is 27.9. The van der Waals surface area contributed by atoms with Crippen molar-refractivity contribution in [1.82, 2.24) is 0 Å². The third kappa shape index (κ3) is 34.7. The summed E-state index contributed by atoms with van der Waals surface area (Å²) in [4.78, 5) is 0. The molecule has 0 aliphatic carbocycles. The molecular formula is C74H128Cl2O4. The lowest BCUT2D eigenvalue weighted by molar-refractivity contribution is 0.290. The summed E-state index contributed by atoms with van der Waals surface area (Å²) in [6, 6.07) is 8.29. The SMILES string of the molecule is CCCCCCCCCCCCCCCOc1ccc(OCCCCCCCCCCCCCCC)c2c(OCCCCCCCCCCCCCCC)c3cc(Cl)c(Cl)cc3c(OCCCCCCCCCCCCCCC)c12. The van der Waals surface area contributed by atoms with Crippen molar-refractivity contribution in [2.45, 2.75) is 362 Å². The summed E-state index contributed by atoms with van der Waals surface area (Å²) in [5, 5.41) is 4.81. The Kier molecular flexibility index (Phi) is 47.4. The molecule has 0 radical (unpaired) electrons. The van der Waals surface area contributed by atoms with Crippen molar-refractivity contribution >= 4 is 44.7 Å². The Hall–Kier alpha value is -2.04. The molecule has 0 N–H and O–H groups in total. The van der Waals surface area contributed by atoms with E-state index in [9.17, 15) is 0 Å². The van der Waals surface area contributed by atoms with Crippen LogP contribution in [0.3, 0.4) is 0 Å². The maximum absolute atomic E-state index is 7.06. The van der Waals surface area contributed by atoms with Gasteiger partial charge in [-0.15, -0.1) is 0 Å². The van der Waals surface area contributed by atoms with Gasteiger partial charge in [-0.05, 0) is 49.9 Å². The maximum atomic E-state index is 7.06. The summed E-state index contributed by atoms with van der Waals surface area (Å²) in [5.74, 6) is 3.30. The lowest BCUT2D eigenvalue weighted by Crippen LogP contribution is -2.06. The molecule has 0 aliphatic heterocycles. The molecule has 0 saturated carbocycles. The Labute approximate surface area is 506 Å². The molecule has 0 aromatic heterocycles. The number of fused-ring (bicyclic) bond motifs is 2. The molecule has 3 aromatic carbocycles. The van der Waals surface area contributed by atoms with Crippen LogP contribution in [0.2, 0.25) is 10.0 Å². The van der Waals surface area contributed by atoms with Crippen LogP contribution in [0.4, 0.5) is 0 Å². The summed E-state index contributed by atoms with van der Waals surface area (Å²) in [5.41, 5.74) is 0. The second kappa shape index (κ2) is 52.5. The zero-order valence-corrected chi connectivity index (χ0v) is 54.8. The molecule has 462 valence electrons. The molecule has 0 unspecified atom stereocenters. The van der Waals surface area contributed by atoms with E-state index >= 15 is 0 Å². The van der Waals surface area contributed by atoms with Crippen LogP contribution in [-0.4, -0.2) is 26.4 Å². The van der Waals surface area contributed by atoms with Gasteiger partial charge in [0.05, 0.1) is 47.2 Å². The Morgan fingerprint density at radius 1 is 0.237 bits per heavy atom. The second-order valence-corrected chi connectivity index (χ2v) is 25.5. The summed E-state index contributed by atoms with van der Waals surface area (Å²) in [6.45, 7) is 11.8. The molecule has 0 amide bonds. The minimum absolute atomic E-state index is 0.524. The molecule has 0 bridgehead atoms. The zero-order valence-electron chi connectivity index (χ0n) is 53.3. The number of halogens is 2. The van der Waals surface area contributed by atoms with Crippen LogP contribution in [0, 0.1) is 0 Å². The molecule has 0 atom stereocenters. The number of hydrogen-bond donors (Lipinski definition) is 0. The van der Waals surface area contributed by atoms with Crippen molar-refractivity contribution in [3.05, 3.63) is 34.3 Å². The van der Waals surface area contributed by atoms with Gasteiger partial charge in [-0.1, -0.05) is 359 Å². The van der Waals surface area contributed by atoms with Gasteiger partial charge in [0.1, 0.15) is 23.0 Å². The number of hydrogen-bond acceptors (Lipinski definition) is 4. The first-order valence-corrected chi connectivity index (χ1v) is 36.2. The normalized spacial score (nSPS) is 11.7. The summed E-state index contributed by atoms with van der Waals surface area (Å²) in [6.07, 6.45) is 68.8. The fraction of sp³-hybridized carbons (Fsp3) is 0.811. The van der Waals surface area contributed by atoms with E-state index in [-0.39, 0.29) is 0 Å². The zero-order chi connectivity index (χ0) is 57.0. The monoisotopic (exact) mass is 1150 g/mol. The smallest absolute Gasteiger partial charge is 0.139 e. The van der Waals surface area contributed by atoms with Crippen LogP contribution in [0.25, 0.3) is 21.5 Å². The lowest BCUT2D eigenvalue weighted by atomic mass is 9.98. The number of unbranched alkanes of at least 4 members (excludes halogenated alkanes) is 48. The molecule has 0 fully saturated rings. The lowest BCUT2D eigenvalue weighted by Gasteiger charge is -2.22. The van der Waals surface area contributed by atoms with E-state index in [1.165, 1.54) is 295 Å². The maximum Gasteiger partial charge on any atom is 0.139 e. The average molecular weight is 1150 g/mol. The van der Waals surface area contributed by atoms with Gasteiger partial charge < -0.3 is 18.9 Å². The third-order valence-corrected chi connectivity index (χ3v) is 17.9. The van der Waals surface area contributed by atoms with Gasteiger partial charge in [-0.2, -0.15) is 0 Å². The molecule has 80 heavy (non-hydrogen) atoms. The molecule has 0 aliphatic rings. The first-order chi connectivity index (χ1) is 39.6. The molecular weight excluding hydrogens is 1020 g/mol. The highest BCUT2D eigenvalue weighted by Gasteiger charge is 2.25. The standard InChI is InChI=1S/C74H128Cl2O4/c1-5-9-13-17-21-25-29-33-37-41-45-49-53-59-77-69-57-58-70(78-60-54-50-46-42-38-34-30-26-22-18-14-10-6-2)72-71(69)73(79-61-55-51-47-43-39-35-31-27-23-19-15-11-7-3)65-63-67(75)68(76)64-66(65)74(72)80-62-56-52-48-44-40-36-32-28-24-20-16-12-8-4/h57-58,63-64H,5-56,59-62H2,1-4H3. The highest BCUT2D eigenvalue weighted by Crippen LogP contribution is 2.52. The Morgan fingerprint density at radius 2 is 0.412 bits per heavy atom. The van der Waals surface area contributed by atoms with Crippen molar-refractivity contribution in [2.24, 2.45) is 0 Å². The van der Waals surface area contributed by atoms with Gasteiger partial charge in [-0.3, -0.25) is 0 Å². The minimum Gasteiger partial charge on any atom is -0.493 e. The minimum atomic E-state index is 0.524. The van der Waals surface area contributed by atoms with Gasteiger partial charge in [0.25, 0.3) is 0 Å². The first-order valence-electron chi connectivity index (χ1n) is 35.5. The van der Waals surface area contributed by atoms with E-state index in [1.807, 2.05) is 12.1 Å². The van der Waals surface area contributed by atoms with Crippen LogP contribution < -0.4 is 18.9 Å². The van der Waals surface area contributed by atoms with E-state index in [0.717, 1.165) is 83.1 Å². The van der Waals surface area contributed by atoms with Gasteiger partial charge >= 0.3 is 0 Å². The Morgan fingerprint density at radius 3 is 0.613 bits per heavy atom. The average Bonchev–Trinajstić information content (AvgIpc) is 3.62. The van der Waals surface area contributed by atoms with Gasteiger partial charge in [0.15, 0.2) is 0 Å². The fourth-order valence-corrected chi connectivity index (χ4v) is 12.3. The second-order valence-electron chi connectivity index (χ2n) is 24.6. The van der Waals surface area contributed by atoms with E-state index in [4.69, 9.17) is 42.1 Å². The van der Waals surface area contributed by atoms with Crippen molar-refractivity contribution in [2.75, 3.05) is 26.4 Å². The van der Waals surface area contributed by atoms with Crippen LogP contribution in [0.1, 0.15) is 362 Å². The highest BCUT2D eigenvalue weighted by atomic mass is 35.5. The van der Waals surface area contributed by atoms with Crippen molar-refractivity contribution in [3.8, 4) is 23.0 Å². The van der Waals surface area contributed by atoms with E-state index in [2.05, 4.69) is 39.8 Å². The molecule has 0 saturated heterocycles. The summed E-state index contributed by atoms with van der Waals surface area (Å²) >= 11 is 13.9. The van der Waals surface area contributed by atoms with Gasteiger partial charge in [0.2, 0.25) is 0 Å². The van der Waals surface area contributed by atoms with E-state index in [0.29, 0.717) is 36.5 Å². The van der Waals surface area contributed by atoms with Crippen LogP contribution in [0.15, 0.2) is 24.3 Å². The van der Waals surface area contributed by atoms with Gasteiger partial charge in [-0.25, -0.2) is 0 Å². The quantitative estimate of drug-likeness (QED) is 0.0417. The number of benzene rings is 3. The Balaban J connectivity index is 1.78. The van der Waals surface area contributed by atoms with Crippen LogP contribution >= 0.6 is 23.2 Å². The predicted octanol–water partition coefficient (Wildman–Crippen LogP) is 27.2.